The zero-order valence-corrected chi connectivity index (χ0v) is 14.8. The summed E-state index contributed by atoms with van der Waals surface area (Å²) in [5.74, 6) is -1.08. The highest BCUT2D eigenvalue weighted by Gasteiger charge is 2.34. The average molecular weight is 367 g/mol. The number of nitrogens with zero attached hydrogens (tertiary/aromatic N) is 1. The molecule has 140 valence electrons. The summed E-state index contributed by atoms with van der Waals surface area (Å²) in [7, 11) is 0. The first kappa shape index (κ1) is 17.5. The molecule has 27 heavy (non-hydrogen) atoms. The second-order valence-electron chi connectivity index (χ2n) is 6.75. The summed E-state index contributed by atoms with van der Waals surface area (Å²) in [6.07, 6.45) is -0.339. The summed E-state index contributed by atoms with van der Waals surface area (Å²) in [5, 5.41) is 9.42. The molecule has 1 aliphatic heterocycles. The van der Waals surface area contributed by atoms with Gasteiger partial charge in [0.15, 0.2) is 0 Å². The summed E-state index contributed by atoms with van der Waals surface area (Å²) in [6, 6.07) is 15.3. The van der Waals surface area contributed by atoms with Gasteiger partial charge in [-0.3, -0.25) is 4.90 Å². The molecule has 0 saturated carbocycles. The van der Waals surface area contributed by atoms with Gasteiger partial charge in [-0.25, -0.2) is 9.59 Å². The maximum absolute atomic E-state index is 12.6. The molecule has 6 heteroatoms. The molecule has 1 atom stereocenters. The maximum atomic E-state index is 12.6. The van der Waals surface area contributed by atoms with Crippen LogP contribution in [-0.4, -0.2) is 54.5 Å². The Hall–Kier alpha value is -2.86. The van der Waals surface area contributed by atoms with Gasteiger partial charge in [0.1, 0.15) is 12.6 Å². The molecule has 1 N–H and O–H groups in total. The van der Waals surface area contributed by atoms with Crippen molar-refractivity contribution in [2.75, 3.05) is 26.4 Å². The normalized spacial score (nSPS) is 19.1. The number of carboxylic acids is 1. The second kappa shape index (κ2) is 7.40. The van der Waals surface area contributed by atoms with E-state index in [9.17, 15) is 14.7 Å². The van der Waals surface area contributed by atoms with Crippen LogP contribution in [0.1, 0.15) is 23.5 Å². The first-order chi connectivity index (χ1) is 13.2. The Morgan fingerprint density at radius 3 is 2.30 bits per heavy atom. The summed E-state index contributed by atoms with van der Waals surface area (Å²) >= 11 is 0. The smallest absolute Gasteiger partial charge is 0.410 e. The van der Waals surface area contributed by atoms with E-state index in [0.717, 1.165) is 22.3 Å². The Balaban J connectivity index is 1.53. The summed E-state index contributed by atoms with van der Waals surface area (Å²) in [5.41, 5.74) is 4.56. The van der Waals surface area contributed by atoms with Crippen LogP contribution in [0.4, 0.5) is 4.79 Å². The number of carboxylic acid groups (broad SMARTS) is 1. The lowest BCUT2D eigenvalue weighted by Crippen LogP contribution is -2.46. The van der Waals surface area contributed by atoms with E-state index in [1.807, 2.05) is 36.4 Å². The van der Waals surface area contributed by atoms with Crippen LogP contribution >= 0.6 is 0 Å². The van der Waals surface area contributed by atoms with Gasteiger partial charge >= 0.3 is 12.1 Å². The Morgan fingerprint density at radius 2 is 1.67 bits per heavy atom. The molecule has 1 amide bonds. The van der Waals surface area contributed by atoms with Crippen molar-refractivity contribution in [3.05, 3.63) is 59.7 Å². The van der Waals surface area contributed by atoms with Crippen LogP contribution in [0.5, 0.6) is 0 Å². The van der Waals surface area contributed by atoms with Gasteiger partial charge < -0.3 is 14.6 Å². The Morgan fingerprint density at radius 1 is 1.04 bits per heavy atom. The fourth-order valence-electron chi connectivity index (χ4n) is 3.92. The van der Waals surface area contributed by atoms with Crippen molar-refractivity contribution in [2.45, 2.75) is 18.4 Å². The van der Waals surface area contributed by atoms with Crippen LogP contribution in [0.2, 0.25) is 0 Å². The number of fused-ring (bicyclic) bond motifs is 3. The Kier molecular flexibility index (Phi) is 4.81. The number of hydrogen-bond donors (Lipinski definition) is 1. The first-order valence-electron chi connectivity index (χ1n) is 9.09. The maximum Gasteiger partial charge on any atom is 0.410 e. The standard InChI is InChI=1S/C21H21NO5/c23-20(24)19-9-11-26-12-10-22(19)21(25)27-13-18-16-7-3-1-5-14(16)15-6-2-4-8-17(15)18/h1-8,18-19H,9-13H2,(H,23,24)/t19-/m1/s1. The van der Waals surface area contributed by atoms with Gasteiger partial charge in [-0.15, -0.1) is 0 Å². The van der Waals surface area contributed by atoms with Crippen LogP contribution in [-0.2, 0) is 14.3 Å². The number of amides is 1. The van der Waals surface area contributed by atoms with Crippen molar-refractivity contribution < 1.29 is 24.2 Å². The zero-order valence-electron chi connectivity index (χ0n) is 14.8. The lowest BCUT2D eigenvalue weighted by atomic mass is 9.98. The van der Waals surface area contributed by atoms with Gasteiger partial charge in [-0.2, -0.15) is 0 Å². The molecule has 2 aromatic rings. The average Bonchev–Trinajstić information content (AvgIpc) is 2.83. The molecule has 0 aromatic heterocycles. The minimum absolute atomic E-state index is 0.0483. The number of aliphatic carboxylic acids is 1. The summed E-state index contributed by atoms with van der Waals surface area (Å²) in [4.78, 5) is 25.4. The van der Waals surface area contributed by atoms with E-state index in [1.54, 1.807) is 0 Å². The van der Waals surface area contributed by atoms with Crippen LogP contribution in [0.25, 0.3) is 11.1 Å². The molecule has 1 heterocycles. The number of rotatable bonds is 3. The molecular weight excluding hydrogens is 346 g/mol. The summed E-state index contributed by atoms with van der Waals surface area (Å²) < 4.78 is 10.9. The van der Waals surface area contributed by atoms with E-state index in [4.69, 9.17) is 9.47 Å². The third-order valence-electron chi connectivity index (χ3n) is 5.24. The van der Waals surface area contributed by atoms with Crippen LogP contribution in [0, 0.1) is 0 Å². The third-order valence-corrected chi connectivity index (χ3v) is 5.24. The lowest BCUT2D eigenvalue weighted by molar-refractivity contribution is -0.142. The van der Waals surface area contributed by atoms with E-state index in [1.165, 1.54) is 4.90 Å². The molecule has 2 aliphatic rings. The van der Waals surface area contributed by atoms with Gasteiger partial charge in [0.2, 0.25) is 0 Å². The predicted octanol–water partition coefficient (Wildman–Crippen LogP) is 3.11. The lowest BCUT2D eigenvalue weighted by Gasteiger charge is -2.26. The van der Waals surface area contributed by atoms with Crippen molar-refractivity contribution in [2.24, 2.45) is 0 Å². The van der Waals surface area contributed by atoms with Gasteiger partial charge in [0.25, 0.3) is 0 Å². The number of carbonyl (C=O) groups is 2. The minimum atomic E-state index is -1.03. The van der Waals surface area contributed by atoms with Crippen LogP contribution in [0.15, 0.2) is 48.5 Å². The molecule has 0 unspecified atom stereocenters. The molecule has 4 rings (SSSR count). The highest BCUT2D eigenvalue weighted by atomic mass is 16.6. The molecule has 1 aliphatic carbocycles. The van der Waals surface area contributed by atoms with Gasteiger partial charge in [-0.1, -0.05) is 48.5 Å². The summed E-state index contributed by atoms with van der Waals surface area (Å²) in [6.45, 7) is 1.03. The molecule has 0 spiro atoms. The quantitative estimate of drug-likeness (QED) is 0.902. The molecule has 1 saturated heterocycles. The Bertz CT molecular complexity index is 820. The molecule has 1 fully saturated rings. The van der Waals surface area contributed by atoms with E-state index in [2.05, 4.69) is 12.1 Å². The molecule has 6 nitrogen and oxygen atoms in total. The van der Waals surface area contributed by atoms with E-state index in [0.29, 0.717) is 13.2 Å². The SMILES string of the molecule is O=C(O)[C@H]1CCOCCN1C(=O)OCC1c2ccccc2-c2ccccc21. The van der Waals surface area contributed by atoms with Crippen LogP contribution < -0.4 is 0 Å². The third kappa shape index (κ3) is 3.28. The number of carbonyl (C=O) groups excluding carboxylic acids is 1. The van der Waals surface area contributed by atoms with Crippen molar-refractivity contribution in [1.82, 2.24) is 4.90 Å². The molecule has 0 bridgehead atoms. The number of benzene rings is 2. The van der Waals surface area contributed by atoms with Gasteiger partial charge in [0, 0.05) is 25.5 Å². The highest BCUT2D eigenvalue weighted by Crippen LogP contribution is 2.44. The van der Waals surface area contributed by atoms with E-state index < -0.39 is 18.1 Å². The van der Waals surface area contributed by atoms with Crippen molar-refractivity contribution in [3.8, 4) is 11.1 Å². The highest BCUT2D eigenvalue weighted by molar-refractivity contribution is 5.81. The predicted molar refractivity (Wildman–Crippen MR) is 98.6 cm³/mol. The number of ether oxygens (including phenoxy) is 2. The van der Waals surface area contributed by atoms with Crippen molar-refractivity contribution in [3.63, 3.8) is 0 Å². The van der Waals surface area contributed by atoms with Crippen molar-refractivity contribution in [1.29, 1.82) is 0 Å². The first-order valence-corrected chi connectivity index (χ1v) is 9.09. The topological polar surface area (TPSA) is 76.1 Å². The largest absolute Gasteiger partial charge is 0.480 e. The molecule has 2 aromatic carbocycles. The van der Waals surface area contributed by atoms with Gasteiger partial charge in [0.05, 0.1) is 6.61 Å². The van der Waals surface area contributed by atoms with Crippen molar-refractivity contribution >= 4 is 12.1 Å². The zero-order chi connectivity index (χ0) is 18.8. The monoisotopic (exact) mass is 367 g/mol. The number of hydrogen-bond acceptors (Lipinski definition) is 4. The minimum Gasteiger partial charge on any atom is -0.480 e. The van der Waals surface area contributed by atoms with Crippen LogP contribution in [0.3, 0.4) is 0 Å². The van der Waals surface area contributed by atoms with E-state index >= 15 is 0 Å². The Labute approximate surface area is 157 Å². The fraction of sp³-hybridized carbons (Fsp3) is 0.333. The van der Waals surface area contributed by atoms with Gasteiger partial charge in [-0.05, 0) is 22.3 Å². The molecular formula is C21H21NO5. The fourth-order valence-corrected chi connectivity index (χ4v) is 3.92. The molecule has 0 radical (unpaired) electrons. The van der Waals surface area contributed by atoms with E-state index in [-0.39, 0.29) is 25.5 Å². The second-order valence-corrected chi connectivity index (χ2v) is 6.75.